The molecule has 0 aromatic heterocycles. The third-order valence-electron chi connectivity index (χ3n) is 1.88. The predicted octanol–water partition coefficient (Wildman–Crippen LogP) is 2.81. The molecule has 1 nitrogen and oxygen atoms in total. The normalized spacial score (nSPS) is 10.4. The maximum atomic E-state index is 5.79. The Hall–Kier alpha value is -1.52. The van der Waals surface area contributed by atoms with Crippen molar-refractivity contribution in [3.05, 3.63) is 42.0 Å². The van der Waals surface area contributed by atoms with Crippen LogP contribution in [0, 0.1) is 11.8 Å². The monoisotopic (exact) mass is 199 g/mol. The lowest BCUT2D eigenvalue weighted by Crippen LogP contribution is -2.29. The molecule has 15 heavy (non-hydrogen) atoms. The first-order valence-corrected chi connectivity index (χ1v) is 4.96. The predicted molar refractivity (Wildman–Crippen MR) is 66.3 cm³/mol. The third-order valence-corrected chi connectivity index (χ3v) is 1.88. The second-order valence-electron chi connectivity index (χ2n) is 4.33. The van der Waals surface area contributed by atoms with Gasteiger partial charge in [-0.05, 0) is 38.5 Å². The highest BCUT2D eigenvalue weighted by atomic mass is 14.7. The van der Waals surface area contributed by atoms with E-state index in [0.29, 0.717) is 0 Å². The molecule has 0 fully saturated rings. The Balaban J connectivity index is 3.00. The number of rotatable bonds is 1. The van der Waals surface area contributed by atoms with E-state index >= 15 is 0 Å². The van der Waals surface area contributed by atoms with Gasteiger partial charge in [0.25, 0.3) is 0 Å². The Bertz CT molecular complexity index is 425. The topological polar surface area (TPSA) is 26.0 Å². The van der Waals surface area contributed by atoms with Crippen molar-refractivity contribution in [2.45, 2.75) is 26.3 Å². The van der Waals surface area contributed by atoms with E-state index in [1.54, 1.807) is 0 Å². The van der Waals surface area contributed by atoms with Gasteiger partial charge in [0, 0.05) is 5.56 Å². The van der Waals surface area contributed by atoms with E-state index in [1.165, 1.54) is 0 Å². The number of benzene rings is 1. The fourth-order valence-corrected chi connectivity index (χ4v) is 1.10. The maximum Gasteiger partial charge on any atom is 0.0722 e. The first kappa shape index (κ1) is 11.6. The van der Waals surface area contributed by atoms with Crippen molar-refractivity contribution in [3.8, 4) is 11.8 Å². The van der Waals surface area contributed by atoms with Crippen molar-refractivity contribution in [1.82, 2.24) is 0 Å². The molecule has 0 bridgehead atoms. The Kier molecular flexibility index (Phi) is 3.34. The molecular weight excluding hydrogens is 182 g/mol. The van der Waals surface area contributed by atoms with Crippen molar-refractivity contribution in [3.63, 3.8) is 0 Å². The van der Waals surface area contributed by atoms with E-state index in [2.05, 4.69) is 18.4 Å². The second kappa shape index (κ2) is 4.33. The average molecular weight is 199 g/mol. The van der Waals surface area contributed by atoms with E-state index in [9.17, 15) is 0 Å². The average Bonchev–Trinajstić information content (AvgIpc) is 2.14. The van der Waals surface area contributed by atoms with Crippen molar-refractivity contribution < 1.29 is 0 Å². The SMILES string of the molecule is C=C(C)c1cccc(C#CC(C)(C)N)c1. The molecule has 2 N–H and O–H groups in total. The Labute approximate surface area is 92.0 Å². The van der Waals surface area contributed by atoms with Crippen LogP contribution in [0.4, 0.5) is 0 Å². The third kappa shape index (κ3) is 4.01. The zero-order valence-electron chi connectivity index (χ0n) is 9.59. The fraction of sp³-hybridized carbons (Fsp3) is 0.286. The summed E-state index contributed by atoms with van der Waals surface area (Å²) in [5, 5.41) is 0. The summed E-state index contributed by atoms with van der Waals surface area (Å²) in [4.78, 5) is 0. The number of nitrogens with two attached hydrogens (primary N) is 1. The first-order valence-electron chi connectivity index (χ1n) is 4.96. The summed E-state index contributed by atoms with van der Waals surface area (Å²) < 4.78 is 0. The van der Waals surface area contributed by atoms with Crippen LogP contribution in [0.15, 0.2) is 30.8 Å². The molecule has 0 aliphatic rings. The van der Waals surface area contributed by atoms with E-state index in [4.69, 9.17) is 5.73 Å². The first-order chi connectivity index (χ1) is 6.88. The summed E-state index contributed by atoms with van der Waals surface area (Å²) >= 11 is 0. The largest absolute Gasteiger partial charge is 0.316 e. The molecule has 0 saturated heterocycles. The summed E-state index contributed by atoms with van der Waals surface area (Å²) in [7, 11) is 0. The highest BCUT2D eigenvalue weighted by Gasteiger charge is 2.03. The van der Waals surface area contributed by atoms with Crippen molar-refractivity contribution in [2.24, 2.45) is 5.73 Å². The highest BCUT2D eigenvalue weighted by Crippen LogP contribution is 2.12. The van der Waals surface area contributed by atoms with Gasteiger partial charge in [0.1, 0.15) is 0 Å². The fourth-order valence-electron chi connectivity index (χ4n) is 1.10. The molecule has 0 aliphatic carbocycles. The van der Waals surface area contributed by atoms with Gasteiger partial charge in [0.15, 0.2) is 0 Å². The molecular formula is C14H17N. The summed E-state index contributed by atoms with van der Waals surface area (Å²) in [6, 6.07) is 8.02. The van der Waals surface area contributed by atoms with Gasteiger partial charge in [-0.2, -0.15) is 0 Å². The lowest BCUT2D eigenvalue weighted by molar-refractivity contribution is 0.680. The summed E-state index contributed by atoms with van der Waals surface area (Å²) in [6.45, 7) is 9.67. The lowest BCUT2D eigenvalue weighted by Gasteiger charge is -2.07. The molecule has 0 heterocycles. The molecule has 0 aliphatic heterocycles. The minimum Gasteiger partial charge on any atom is -0.316 e. The molecule has 0 amide bonds. The summed E-state index contributed by atoms with van der Waals surface area (Å²) in [5.41, 5.74) is 8.49. The van der Waals surface area contributed by atoms with Gasteiger partial charge in [-0.3, -0.25) is 0 Å². The molecule has 1 aromatic carbocycles. The van der Waals surface area contributed by atoms with Crippen molar-refractivity contribution >= 4 is 5.57 Å². The van der Waals surface area contributed by atoms with Crippen LogP contribution < -0.4 is 5.73 Å². The van der Waals surface area contributed by atoms with Gasteiger partial charge in [-0.1, -0.05) is 36.1 Å². The molecule has 0 saturated carbocycles. The van der Waals surface area contributed by atoms with E-state index in [1.807, 2.05) is 45.0 Å². The molecule has 78 valence electrons. The minimum absolute atomic E-state index is 0.445. The van der Waals surface area contributed by atoms with Crippen LogP contribution in [-0.4, -0.2) is 5.54 Å². The molecule has 0 radical (unpaired) electrons. The maximum absolute atomic E-state index is 5.79. The zero-order valence-corrected chi connectivity index (χ0v) is 9.59. The van der Waals surface area contributed by atoms with E-state index in [0.717, 1.165) is 16.7 Å². The summed E-state index contributed by atoms with van der Waals surface area (Å²) in [6.07, 6.45) is 0. The lowest BCUT2D eigenvalue weighted by atomic mass is 10.0. The van der Waals surface area contributed by atoms with Gasteiger partial charge < -0.3 is 5.73 Å². The zero-order chi connectivity index (χ0) is 11.5. The minimum atomic E-state index is -0.445. The Morgan fingerprint density at radius 3 is 2.60 bits per heavy atom. The van der Waals surface area contributed by atoms with Crippen LogP contribution in [0.3, 0.4) is 0 Å². The smallest absolute Gasteiger partial charge is 0.0722 e. The van der Waals surface area contributed by atoms with Crippen LogP contribution in [0.1, 0.15) is 31.9 Å². The van der Waals surface area contributed by atoms with Crippen LogP contribution in [0.25, 0.3) is 5.57 Å². The van der Waals surface area contributed by atoms with Gasteiger partial charge >= 0.3 is 0 Å². The van der Waals surface area contributed by atoms with Gasteiger partial charge in [0.05, 0.1) is 5.54 Å². The highest BCUT2D eigenvalue weighted by molar-refractivity contribution is 5.63. The molecule has 1 aromatic rings. The number of allylic oxidation sites excluding steroid dienone is 1. The second-order valence-corrected chi connectivity index (χ2v) is 4.33. The molecule has 0 atom stereocenters. The molecule has 0 spiro atoms. The van der Waals surface area contributed by atoms with Crippen LogP contribution in [0.2, 0.25) is 0 Å². The van der Waals surface area contributed by atoms with Gasteiger partial charge in [0.2, 0.25) is 0 Å². The van der Waals surface area contributed by atoms with Crippen molar-refractivity contribution in [2.75, 3.05) is 0 Å². The van der Waals surface area contributed by atoms with Crippen LogP contribution in [-0.2, 0) is 0 Å². The standard InChI is InChI=1S/C14H17N/c1-11(2)13-7-5-6-12(10-13)8-9-14(3,4)15/h5-7,10H,1,15H2,2-4H3. The van der Waals surface area contributed by atoms with E-state index < -0.39 is 5.54 Å². The Morgan fingerprint density at radius 1 is 1.40 bits per heavy atom. The Morgan fingerprint density at radius 2 is 2.07 bits per heavy atom. The van der Waals surface area contributed by atoms with Crippen LogP contribution in [0.5, 0.6) is 0 Å². The van der Waals surface area contributed by atoms with Gasteiger partial charge in [-0.25, -0.2) is 0 Å². The van der Waals surface area contributed by atoms with Gasteiger partial charge in [-0.15, -0.1) is 0 Å². The quantitative estimate of drug-likeness (QED) is 0.691. The van der Waals surface area contributed by atoms with E-state index in [-0.39, 0.29) is 0 Å². The molecule has 1 rings (SSSR count). The number of hydrogen-bond donors (Lipinski definition) is 1. The van der Waals surface area contributed by atoms with Crippen molar-refractivity contribution in [1.29, 1.82) is 0 Å². The molecule has 0 unspecified atom stereocenters. The number of hydrogen-bond acceptors (Lipinski definition) is 1. The van der Waals surface area contributed by atoms with Crippen LogP contribution >= 0.6 is 0 Å². The molecule has 1 heteroatoms. The summed E-state index contributed by atoms with van der Waals surface area (Å²) in [5.74, 6) is 6.07.